The molecule has 0 fully saturated rings. The van der Waals surface area contributed by atoms with E-state index in [1.807, 2.05) is 12.1 Å². The second kappa shape index (κ2) is 8.68. The monoisotopic (exact) mass is 567 g/mol. The molecule has 0 spiro atoms. The van der Waals surface area contributed by atoms with Gasteiger partial charge in [-0.05, 0) is 36.4 Å². The number of aromatic nitrogens is 4. The van der Waals surface area contributed by atoms with Crippen LogP contribution in [0.25, 0.3) is 21.8 Å². The number of hydrogen-bond donors (Lipinski definition) is 0. The van der Waals surface area contributed by atoms with Gasteiger partial charge in [0.05, 0.1) is 4.92 Å². The second-order valence-corrected chi connectivity index (χ2v) is 8.39. The van der Waals surface area contributed by atoms with E-state index in [1.54, 1.807) is 48.8 Å². The van der Waals surface area contributed by atoms with E-state index in [0.29, 0.717) is 22.5 Å². The van der Waals surface area contributed by atoms with E-state index in [0.717, 1.165) is 26.0 Å². The van der Waals surface area contributed by atoms with Crippen molar-refractivity contribution in [3.63, 3.8) is 0 Å². The Bertz CT molecular complexity index is 1440. The summed E-state index contributed by atoms with van der Waals surface area (Å²) in [4.78, 5) is 28.0. The molecule has 162 valence electrons. The molecule has 11 heteroatoms. The van der Waals surface area contributed by atoms with Crippen LogP contribution in [0.1, 0.15) is 0 Å². The van der Waals surface area contributed by atoms with Crippen molar-refractivity contribution in [2.45, 2.75) is 0 Å². The zero-order valence-electron chi connectivity index (χ0n) is 16.5. The molecule has 0 radical (unpaired) electrons. The van der Waals surface area contributed by atoms with Crippen molar-refractivity contribution in [2.75, 3.05) is 0 Å². The normalized spacial score (nSPS) is 11.0. The summed E-state index contributed by atoms with van der Waals surface area (Å²) >= 11 is 6.94. The molecule has 2 aromatic carbocycles. The molecule has 0 N–H and O–H groups in total. The predicted octanol–water partition coefficient (Wildman–Crippen LogP) is 6.59. The maximum Gasteiger partial charge on any atom is 0.393 e. The molecular weight excluding hydrogens is 558 g/mol. The molecule has 0 saturated heterocycles. The van der Waals surface area contributed by atoms with Crippen LogP contribution in [0.4, 0.5) is 5.69 Å². The minimum absolute atomic E-state index is 0.270. The number of halogens is 2. The van der Waals surface area contributed by atoms with E-state index in [2.05, 4.69) is 51.8 Å². The van der Waals surface area contributed by atoms with Crippen LogP contribution in [-0.2, 0) is 0 Å². The molecule has 0 saturated carbocycles. The van der Waals surface area contributed by atoms with Crippen molar-refractivity contribution in [3.8, 4) is 23.3 Å². The molecule has 33 heavy (non-hydrogen) atoms. The van der Waals surface area contributed by atoms with Crippen molar-refractivity contribution >= 4 is 59.4 Å². The number of nitro groups is 1. The fourth-order valence-corrected chi connectivity index (χ4v) is 4.15. The van der Waals surface area contributed by atoms with E-state index in [4.69, 9.17) is 9.47 Å². The highest BCUT2D eigenvalue weighted by molar-refractivity contribution is 9.11. The first-order valence-electron chi connectivity index (χ1n) is 9.44. The Hall–Kier alpha value is -3.70. The molecule has 5 aromatic rings. The molecule has 0 aliphatic rings. The summed E-state index contributed by atoms with van der Waals surface area (Å²) in [6, 6.07) is 14.1. The Morgan fingerprint density at radius 2 is 1.21 bits per heavy atom. The third kappa shape index (κ3) is 3.96. The quantitative estimate of drug-likeness (QED) is 0.172. The Labute approximate surface area is 202 Å². The predicted molar refractivity (Wildman–Crippen MR) is 128 cm³/mol. The zero-order valence-corrected chi connectivity index (χ0v) is 19.6. The van der Waals surface area contributed by atoms with Crippen LogP contribution in [0.15, 0.2) is 76.2 Å². The van der Waals surface area contributed by atoms with E-state index < -0.39 is 10.6 Å². The third-order valence-corrected chi connectivity index (χ3v) is 6.09. The van der Waals surface area contributed by atoms with Gasteiger partial charge < -0.3 is 9.47 Å². The maximum atomic E-state index is 12.0. The molecule has 0 atom stereocenters. The highest BCUT2D eigenvalue weighted by Crippen LogP contribution is 2.41. The largest absolute Gasteiger partial charge is 0.431 e. The number of benzene rings is 2. The van der Waals surface area contributed by atoms with Crippen molar-refractivity contribution < 1.29 is 14.4 Å². The van der Waals surface area contributed by atoms with Crippen molar-refractivity contribution in [2.24, 2.45) is 0 Å². The molecule has 3 heterocycles. The van der Waals surface area contributed by atoms with Crippen LogP contribution < -0.4 is 9.47 Å². The van der Waals surface area contributed by atoms with Crippen molar-refractivity contribution in [3.05, 3.63) is 86.3 Å². The van der Waals surface area contributed by atoms with Gasteiger partial charge in [-0.25, -0.2) is 0 Å². The lowest BCUT2D eigenvalue weighted by Crippen LogP contribution is -2.02. The molecule has 5 rings (SSSR count). The van der Waals surface area contributed by atoms with Gasteiger partial charge in [0.1, 0.15) is 17.4 Å². The van der Waals surface area contributed by atoms with Gasteiger partial charge in [-0.2, -0.15) is 9.97 Å². The van der Waals surface area contributed by atoms with Crippen LogP contribution in [0.5, 0.6) is 23.3 Å². The molecule has 0 amide bonds. The first kappa shape index (κ1) is 21.2. The van der Waals surface area contributed by atoms with Crippen molar-refractivity contribution in [1.82, 2.24) is 19.9 Å². The summed E-state index contributed by atoms with van der Waals surface area (Å²) in [5.41, 5.74) is 0.521. The number of hydrogen-bond acceptors (Lipinski definition) is 8. The van der Waals surface area contributed by atoms with E-state index in [1.165, 1.54) is 0 Å². The Morgan fingerprint density at radius 3 is 1.67 bits per heavy atom. The summed E-state index contributed by atoms with van der Waals surface area (Å²) < 4.78 is 13.3. The summed E-state index contributed by atoms with van der Waals surface area (Å²) in [7, 11) is 0. The number of rotatable bonds is 5. The van der Waals surface area contributed by atoms with Crippen molar-refractivity contribution in [1.29, 1.82) is 0 Å². The van der Waals surface area contributed by atoms with Crippen LogP contribution in [-0.4, -0.2) is 24.9 Å². The van der Waals surface area contributed by atoms with E-state index >= 15 is 0 Å². The average Bonchev–Trinajstić information content (AvgIpc) is 2.83. The number of nitrogens with zero attached hydrogens (tertiary/aromatic N) is 5. The standard InChI is InChI=1S/C22H11Br2N5O4/c23-14-5-7-16(18-12(14)3-1-9-25-18)32-21-20(29(30)31)22(28-11-27-21)33-17-8-6-15(24)13-4-2-10-26-19(13)17/h1-11H. The molecule has 3 aromatic heterocycles. The Morgan fingerprint density at radius 1 is 0.727 bits per heavy atom. The van der Waals surface area contributed by atoms with Crippen LogP contribution in [0, 0.1) is 10.1 Å². The molecule has 0 bridgehead atoms. The topological polar surface area (TPSA) is 113 Å². The van der Waals surface area contributed by atoms with Crippen LogP contribution in [0.2, 0.25) is 0 Å². The fraction of sp³-hybridized carbons (Fsp3) is 0. The first-order chi connectivity index (χ1) is 16.0. The number of fused-ring (bicyclic) bond motifs is 2. The van der Waals surface area contributed by atoms with Gasteiger partial charge in [0.15, 0.2) is 11.5 Å². The van der Waals surface area contributed by atoms with Gasteiger partial charge in [-0.15, -0.1) is 0 Å². The van der Waals surface area contributed by atoms with Crippen LogP contribution >= 0.6 is 31.9 Å². The van der Waals surface area contributed by atoms with Gasteiger partial charge in [0, 0.05) is 32.1 Å². The third-order valence-electron chi connectivity index (χ3n) is 4.71. The molecule has 0 unspecified atom stereocenters. The molecular formula is C22H11Br2N5O4. The summed E-state index contributed by atoms with van der Waals surface area (Å²) in [6.07, 6.45) is 4.35. The van der Waals surface area contributed by atoms with Gasteiger partial charge >= 0.3 is 17.4 Å². The Kier molecular flexibility index (Phi) is 5.56. The maximum absolute atomic E-state index is 12.0. The average molecular weight is 569 g/mol. The van der Waals surface area contributed by atoms with E-state index in [-0.39, 0.29) is 11.8 Å². The summed E-state index contributed by atoms with van der Waals surface area (Å²) in [6.45, 7) is 0. The molecule has 0 aliphatic carbocycles. The number of ether oxygens (including phenoxy) is 2. The summed E-state index contributed by atoms with van der Waals surface area (Å²) in [5.74, 6) is 0.0666. The molecule has 9 nitrogen and oxygen atoms in total. The lowest BCUT2D eigenvalue weighted by Gasteiger charge is -2.11. The first-order valence-corrected chi connectivity index (χ1v) is 11.0. The SMILES string of the molecule is O=[N+]([O-])c1c(Oc2ccc(Br)c3cccnc23)ncnc1Oc1ccc(Br)c2cccnc12. The minimum Gasteiger partial charge on any atom is -0.431 e. The smallest absolute Gasteiger partial charge is 0.393 e. The lowest BCUT2D eigenvalue weighted by atomic mass is 10.2. The van der Waals surface area contributed by atoms with E-state index in [9.17, 15) is 10.1 Å². The zero-order chi connectivity index (χ0) is 22.9. The van der Waals surface area contributed by atoms with Crippen LogP contribution in [0.3, 0.4) is 0 Å². The van der Waals surface area contributed by atoms with Gasteiger partial charge in [-0.1, -0.05) is 44.0 Å². The number of pyridine rings is 2. The van der Waals surface area contributed by atoms with Gasteiger partial charge in [0.2, 0.25) is 0 Å². The van der Waals surface area contributed by atoms with Gasteiger partial charge in [0.25, 0.3) is 0 Å². The minimum atomic E-state index is -0.645. The van der Waals surface area contributed by atoms with Gasteiger partial charge in [-0.3, -0.25) is 20.1 Å². The second-order valence-electron chi connectivity index (χ2n) is 6.68. The fourth-order valence-electron chi connectivity index (χ4n) is 3.25. The lowest BCUT2D eigenvalue weighted by molar-refractivity contribution is -0.387. The summed E-state index contributed by atoms with van der Waals surface area (Å²) in [5, 5.41) is 13.6. The molecule has 0 aliphatic heterocycles. The highest BCUT2D eigenvalue weighted by atomic mass is 79.9. The Balaban J connectivity index is 1.60. The highest BCUT2D eigenvalue weighted by Gasteiger charge is 2.28.